The van der Waals surface area contributed by atoms with Crippen LogP contribution in [-0.4, -0.2) is 33.4 Å². The lowest BCUT2D eigenvalue weighted by molar-refractivity contribution is -0.274. The molecule has 1 aromatic heterocycles. The van der Waals surface area contributed by atoms with E-state index >= 15 is 0 Å². The van der Waals surface area contributed by atoms with Gasteiger partial charge in [-0.25, -0.2) is 0 Å². The minimum atomic E-state index is -5.01. The van der Waals surface area contributed by atoms with E-state index in [0.717, 1.165) is 23.9 Å². The number of nitrogens with zero attached hydrogens (tertiary/aromatic N) is 3. The van der Waals surface area contributed by atoms with Crippen LogP contribution in [0.15, 0.2) is 58.6 Å². The van der Waals surface area contributed by atoms with Crippen LogP contribution in [0.2, 0.25) is 5.28 Å². The Labute approximate surface area is 190 Å². The van der Waals surface area contributed by atoms with Crippen molar-refractivity contribution in [3.05, 3.63) is 53.8 Å². The molecule has 33 heavy (non-hydrogen) atoms. The molecule has 0 spiro atoms. The molecule has 174 valence electrons. The van der Waals surface area contributed by atoms with E-state index in [4.69, 9.17) is 11.6 Å². The van der Waals surface area contributed by atoms with Crippen molar-refractivity contribution in [1.29, 1.82) is 0 Å². The molecular formula is C18H10ClF6N5O2S. The maximum absolute atomic E-state index is 12.3. The van der Waals surface area contributed by atoms with E-state index in [9.17, 15) is 31.1 Å². The molecular weight excluding hydrogens is 500 g/mol. The van der Waals surface area contributed by atoms with Crippen molar-refractivity contribution in [2.75, 3.05) is 10.6 Å². The second-order valence-electron chi connectivity index (χ2n) is 5.99. The van der Waals surface area contributed by atoms with Gasteiger partial charge in [0.25, 0.3) is 0 Å². The number of amides is 1. The smallest absolute Gasteiger partial charge is 0.406 e. The Kier molecular flexibility index (Phi) is 7.17. The molecule has 15 heteroatoms. The molecule has 0 aliphatic heterocycles. The highest BCUT2D eigenvalue weighted by Crippen LogP contribution is 2.29. The van der Waals surface area contributed by atoms with Crippen LogP contribution in [0, 0.1) is 0 Å². The third-order valence-electron chi connectivity index (χ3n) is 3.51. The second-order valence-corrected chi connectivity index (χ2v) is 7.36. The van der Waals surface area contributed by atoms with Crippen LogP contribution in [0.25, 0.3) is 0 Å². The zero-order valence-corrected chi connectivity index (χ0v) is 17.4. The van der Waals surface area contributed by atoms with E-state index in [2.05, 4.69) is 25.0 Å². The van der Waals surface area contributed by atoms with E-state index < -0.39 is 24.2 Å². The molecule has 0 aliphatic rings. The molecule has 7 nitrogen and oxygen atoms in total. The van der Waals surface area contributed by atoms with Crippen LogP contribution in [0.4, 0.5) is 43.7 Å². The van der Waals surface area contributed by atoms with Gasteiger partial charge >= 0.3 is 18.4 Å². The molecule has 0 radical (unpaired) electrons. The minimum absolute atomic E-state index is 0.00366. The van der Waals surface area contributed by atoms with E-state index in [-0.39, 0.29) is 22.1 Å². The zero-order valence-electron chi connectivity index (χ0n) is 15.8. The average Bonchev–Trinajstić information content (AvgIpc) is 2.69. The largest absolute Gasteiger partial charge is 0.573 e. The monoisotopic (exact) mass is 509 g/mol. The average molecular weight is 510 g/mol. The molecule has 0 saturated heterocycles. The Hall–Kier alpha value is -3.26. The molecule has 0 aliphatic carbocycles. The van der Waals surface area contributed by atoms with E-state index in [0.29, 0.717) is 10.6 Å². The van der Waals surface area contributed by atoms with Crippen LogP contribution in [0.1, 0.15) is 0 Å². The van der Waals surface area contributed by atoms with Gasteiger partial charge in [0.05, 0.1) is 0 Å². The number of nitrogens with one attached hydrogen (secondary N) is 2. The van der Waals surface area contributed by atoms with Crippen LogP contribution >= 0.6 is 23.4 Å². The Morgan fingerprint density at radius 2 is 1.48 bits per heavy atom. The number of benzene rings is 2. The summed E-state index contributed by atoms with van der Waals surface area (Å²) in [6, 6.07) is 10.2. The van der Waals surface area contributed by atoms with E-state index in [1.165, 1.54) is 36.4 Å². The first kappa shape index (κ1) is 24.4. The van der Waals surface area contributed by atoms with E-state index in [1.54, 1.807) is 5.32 Å². The molecule has 0 unspecified atom stereocenters. The Morgan fingerprint density at radius 1 is 0.879 bits per heavy atom. The van der Waals surface area contributed by atoms with Crippen LogP contribution in [-0.2, 0) is 4.79 Å². The summed E-state index contributed by atoms with van der Waals surface area (Å²) < 4.78 is 77.4. The van der Waals surface area contributed by atoms with Crippen LogP contribution < -0.4 is 15.4 Å². The summed E-state index contributed by atoms with van der Waals surface area (Å²) in [5, 5.41) is 4.42. The molecule has 0 fully saturated rings. The number of hydrogen-bond donors (Lipinski definition) is 2. The van der Waals surface area contributed by atoms with Gasteiger partial charge in [0.15, 0.2) is 5.16 Å². The van der Waals surface area contributed by atoms with Gasteiger partial charge in [-0.05, 0) is 71.9 Å². The van der Waals surface area contributed by atoms with Gasteiger partial charge in [-0.15, -0.1) is 13.2 Å². The lowest BCUT2D eigenvalue weighted by atomic mass is 10.3. The number of alkyl halides is 6. The van der Waals surface area contributed by atoms with Crippen LogP contribution in [0.5, 0.6) is 5.75 Å². The number of hydrogen-bond acceptors (Lipinski definition) is 7. The fourth-order valence-electron chi connectivity index (χ4n) is 2.22. The summed E-state index contributed by atoms with van der Waals surface area (Å²) in [7, 11) is 0. The highest BCUT2D eigenvalue weighted by atomic mass is 35.5. The lowest BCUT2D eigenvalue weighted by Gasteiger charge is -2.10. The molecule has 0 saturated carbocycles. The molecule has 3 aromatic rings. The molecule has 2 aromatic carbocycles. The van der Waals surface area contributed by atoms with Gasteiger partial charge < -0.3 is 15.4 Å². The maximum atomic E-state index is 12.3. The van der Waals surface area contributed by atoms with Crippen molar-refractivity contribution in [3.8, 4) is 5.75 Å². The normalized spacial score (nSPS) is 11.7. The number of rotatable bonds is 6. The van der Waals surface area contributed by atoms with Crippen molar-refractivity contribution >= 4 is 46.6 Å². The second kappa shape index (κ2) is 9.70. The number of halogens is 7. The van der Waals surface area contributed by atoms with E-state index in [1.807, 2.05) is 0 Å². The van der Waals surface area contributed by atoms with Gasteiger partial charge in [0, 0.05) is 16.3 Å². The highest BCUT2D eigenvalue weighted by molar-refractivity contribution is 7.99. The third kappa shape index (κ3) is 7.68. The summed E-state index contributed by atoms with van der Waals surface area (Å²) in [4.78, 5) is 23.4. The first-order valence-corrected chi connectivity index (χ1v) is 9.77. The number of carbonyl (C=O) groups is 1. The van der Waals surface area contributed by atoms with Crippen molar-refractivity contribution in [2.24, 2.45) is 0 Å². The standard InChI is InChI=1S/C18H10ClF6N5O2S/c19-14-28-15(27-10-1-5-11(6-2-10)32-18(23,24)25)30-16(29-14)33-12-7-3-9(4-8-12)26-13(31)17(20,21)22/h1-8H,(H,26,31)(H,27,28,29,30). The summed E-state index contributed by atoms with van der Waals surface area (Å²) in [6.07, 6.45) is -9.82. The van der Waals surface area contributed by atoms with Gasteiger partial charge in [0.2, 0.25) is 11.2 Å². The molecule has 2 N–H and O–H groups in total. The molecule has 1 heterocycles. The fourth-order valence-corrected chi connectivity index (χ4v) is 3.17. The van der Waals surface area contributed by atoms with Crippen LogP contribution in [0.3, 0.4) is 0 Å². The third-order valence-corrected chi connectivity index (χ3v) is 4.55. The van der Waals surface area contributed by atoms with Gasteiger partial charge in [-0.2, -0.15) is 28.1 Å². The minimum Gasteiger partial charge on any atom is -0.406 e. The van der Waals surface area contributed by atoms with Crippen molar-refractivity contribution in [1.82, 2.24) is 15.0 Å². The van der Waals surface area contributed by atoms with Gasteiger partial charge in [-0.1, -0.05) is 0 Å². The number of aromatic nitrogens is 3. The highest BCUT2D eigenvalue weighted by Gasteiger charge is 2.38. The molecule has 0 atom stereocenters. The summed E-state index contributed by atoms with van der Waals surface area (Å²) in [5.74, 6) is -2.51. The predicted molar refractivity (Wildman–Crippen MR) is 106 cm³/mol. The van der Waals surface area contributed by atoms with Crippen molar-refractivity contribution in [3.63, 3.8) is 0 Å². The first-order chi connectivity index (χ1) is 15.4. The van der Waals surface area contributed by atoms with Crippen molar-refractivity contribution in [2.45, 2.75) is 22.6 Å². The number of anilines is 3. The topological polar surface area (TPSA) is 89.0 Å². The quantitative estimate of drug-likeness (QED) is 0.405. The summed E-state index contributed by atoms with van der Waals surface area (Å²) in [5.41, 5.74) is 0.281. The SMILES string of the molecule is O=C(Nc1ccc(Sc2nc(Cl)nc(Nc3ccc(OC(F)(F)F)cc3)n2)cc1)C(F)(F)F. The Bertz CT molecular complexity index is 1130. The summed E-state index contributed by atoms with van der Waals surface area (Å²) in [6.45, 7) is 0. The number of carbonyl (C=O) groups excluding carboxylic acids is 1. The van der Waals surface area contributed by atoms with Gasteiger partial charge in [-0.3, -0.25) is 4.79 Å². The molecule has 3 rings (SSSR count). The number of ether oxygens (including phenoxy) is 1. The molecule has 1 amide bonds. The first-order valence-electron chi connectivity index (χ1n) is 8.58. The van der Waals surface area contributed by atoms with Crippen molar-refractivity contribution < 1.29 is 35.9 Å². The fraction of sp³-hybridized carbons (Fsp3) is 0.111. The molecule has 0 bridgehead atoms. The van der Waals surface area contributed by atoms with Gasteiger partial charge in [0.1, 0.15) is 5.75 Å². The predicted octanol–water partition coefficient (Wildman–Crippen LogP) is 5.82. The summed E-state index contributed by atoms with van der Waals surface area (Å²) >= 11 is 6.89. The Balaban J connectivity index is 1.67. The zero-order chi connectivity index (χ0) is 24.2. The Morgan fingerprint density at radius 3 is 2.06 bits per heavy atom. The lowest BCUT2D eigenvalue weighted by Crippen LogP contribution is -2.29. The maximum Gasteiger partial charge on any atom is 0.573 e.